The van der Waals surface area contributed by atoms with Gasteiger partial charge < -0.3 is 5.32 Å². The van der Waals surface area contributed by atoms with Crippen molar-refractivity contribution >= 4 is 11.8 Å². The van der Waals surface area contributed by atoms with Crippen molar-refractivity contribution in [3.63, 3.8) is 0 Å². The third-order valence-electron chi connectivity index (χ3n) is 3.56. The predicted octanol–water partition coefficient (Wildman–Crippen LogP) is 6.61. The highest BCUT2D eigenvalue weighted by molar-refractivity contribution is 7.99. The van der Waals surface area contributed by atoms with Crippen molar-refractivity contribution in [3.05, 3.63) is 25.3 Å². The first-order chi connectivity index (χ1) is 10.8. The number of unbranched alkanes of at least 4 members (excludes halogenated alkanes) is 10. The summed E-state index contributed by atoms with van der Waals surface area (Å²) in [4.78, 5) is 0. The maximum absolute atomic E-state index is 3.36. The van der Waals surface area contributed by atoms with Crippen LogP contribution < -0.4 is 5.32 Å². The molecule has 0 saturated heterocycles. The van der Waals surface area contributed by atoms with E-state index in [0.29, 0.717) is 0 Å². The lowest BCUT2D eigenvalue weighted by molar-refractivity contribution is 0.555. The van der Waals surface area contributed by atoms with Gasteiger partial charge in [0.1, 0.15) is 0 Å². The third kappa shape index (κ3) is 28.0. The van der Waals surface area contributed by atoms with Crippen LogP contribution in [0.2, 0.25) is 0 Å². The summed E-state index contributed by atoms with van der Waals surface area (Å²) in [5.74, 6) is 2.63. The zero-order chi connectivity index (χ0) is 16.7. The molecule has 22 heavy (non-hydrogen) atoms. The fourth-order valence-electron chi connectivity index (χ4n) is 2.14. The quantitative estimate of drug-likeness (QED) is 0.253. The molecule has 0 unspecified atom stereocenters. The van der Waals surface area contributed by atoms with Gasteiger partial charge in [-0.3, -0.25) is 0 Å². The summed E-state index contributed by atoms with van der Waals surface area (Å²) in [5, 5.41) is 3.19. The Hall–Kier alpha value is -0.210. The molecule has 0 aromatic rings. The molecule has 0 spiro atoms. The molecule has 0 aliphatic carbocycles. The molecule has 2 heteroatoms. The summed E-state index contributed by atoms with van der Waals surface area (Å²) in [5.41, 5.74) is 0. The number of thioether (sulfide) groups is 1. The van der Waals surface area contributed by atoms with Crippen molar-refractivity contribution in [1.29, 1.82) is 0 Å². The Morgan fingerprint density at radius 3 is 1.59 bits per heavy atom. The molecule has 0 saturated carbocycles. The van der Waals surface area contributed by atoms with Crippen LogP contribution in [0.4, 0.5) is 0 Å². The normalized spacial score (nSPS) is 9.91. The minimum atomic E-state index is 1.16. The summed E-state index contributed by atoms with van der Waals surface area (Å²) in [6, 6.07) is 0. The summed E-state index contributed by atoms with van der Waals surface area (Å²) < 4.78 is 0. The molecule has 0 aromatic carbocycles. The van der Waals surface area contributed by atoms with Gasteiger partial charge >= 0.3 is 0 Å². The second-order valence-corrected chi connectivity index (χ2v) is 6.95. The van der Waals surface area contributed by atoms with Gasteiger partial charge in [0.15, 0.2) is 0 Å². The fraction of sp³-hybridized carbons (Fsp3) is 0.800. The first kappa shape index (κ1) is 24.0. The van der Waals surface area contributed by atoms with Crippen LogP contribution in [-0.2, 0) is 0 Å². The largest absolute Gasteiger partial charge is 0.319 e. The predicted molar refractivity (Wildman–Crippen MR) is 108 cm³/mol. The molecule has 0 atom stereocenters. The summed E-state index contributed by atoms with van der Waals surface area (Å²) >= 11 is 2.09. The Bertz CT molecular complexity index is 182. The van der Waals surface area contributed by atoms with Gasteiger partial charge in [-0.2, -0.15) is 11.8 Å². The zero-order valence-corrected chi connectivity index (χ0v) is 16.2. The van der Waals surface area contributed by atoms with Crippen LogP contribution >= 0.6 is 11.8 Å². The molecule has 1 N–H and O–H groups in total. The van der Waals surface area contributed by atoms with Gasteiger partial charge in [-0.15, -0.1) is 0 Å². The highest BCUT2D eigenvalue weighted by atomic mass is 32.2. The van der Waals surface area contributed by atoms with Crippen LogP contribution in [0.25, 0.3) is 0 Å². The van der Waals surface area contributed by atoms with Gasteiger partial charge in [-0.05, 0) is 19.2 Å². The van der Waals surface area contributed by atoms with E-state index in [-0.39, 0.29) is 0 Å². The molecule has 0 fully saturated rings. The Morgan fingerprint density at radius 1 is 0.727 bits per heavy atom. The SMILES string of the molecule is C=CC=C.CCCCCCCCCCCCCSCCNC. The standard InChI is InChI=1S/C16H35NS.C4H6/c1-3-4-5-6-7-8-9-10-11-12-13-15-18-16-14-17-2;1-3-4-2/h17H,3-16H2,1-2H3;3-4H,1-2H2. The van der Waals surface area contributed by atoms with Crippen molar-refractivity contribution in [2.45, 2.75) is 77.6 Å². The van der Waals surface area contributed by atoms with E-state index in [1.165, 1.54) is 82.1 Å². The average molecular weight is 328 g/mol. The maximum atomic E-state index is 3.36. The molecule has 0 bridgehead atoms. The summed E-state index contributed by atoms with van der Waals surface area (Å²) in [6.07, 6.45) is 19.2. The van der Waals surface area contributed by atoms with Gasteiger partial charge in [0.05, 0.1) is 0 Å². The molecule has 0 aliphatic heterocycles. The molecular formula is C20H41NS. The van der Waals surface area contributed by atoms with Crippen LogP contribution in [-0.4, -0.2) is 25.1 Å². The lowest BCUT2D eigenvalue weighted by atomic mass is 10.1. The molecule has 132 valence electrons. The van der Waals surface area contributed by atoms with E-state index in [9.17, 15) is 0 Å². The zero-order valence-electron chi connectivity index (χ0n) is 15.4. The molecular weight excluding hydrogens is 286 g/mol. The highest BCUT2D eigenvalue weighted by Crippen LogP contribution is 2.12. The van der Waals surface area contributed by atoms with E-state index in [2.05, 4.69) is 37.2 Å². The number of nitrogens with one attached hydrogen (secondary N) is 1. The van der Waals surface area contributed by atoms with Crippen LogP contribution in [0.15, 0.2) is 25.3 Å². The minimum absolute atomic E-state index is 1.16. The molecule has 0 heterocycles. The number of hydrogen-bond acceptors (Lipinski definition) is 2. The molecule has 0 aromatic heterocycles. The van der Waals surface area contributed by atoms with Crippen molar-refractivity contribution in [3.8, 4) is 0 Å². The monoisotopic (exact) mass is 327 g/mol. The second-order valence-electron chi connectivity index (χ2n) is 5.72. The minimum Gasteiger partial charge on any atom is -0.319 e. The number of hydrogen-bond donors (Lipinski definition) is 1. The van der Waals surface area contributed by atoms with E-state index in [4.69, 9.17) is 0 Å². The van der Waals surface area contributed by atoms with Gasteiger partial charge in [0.25, 0.3) is 0 Å². The smallest absolute Gasteiger partial charge is 0.00579 e. The third-order valence-corrected chi connectivity index (χ3v) is 4.63. The van der Waals surface area contributed by atoms with Crippen molar-refractivity contribution < 1.29 is 0 Å². The molecule has 0 amide bonds. The van der Waals surface area contributed by atoms with E-state index in [1.807, 2.05) is 7.05 Å². The van der Waals surface area contributed by atoms with Crippen molar-refractivity contribution in [2.75, 3.05) is 25.1 Å². The first-order valence-electron chi connectivity index (χ1n) is 9.29. The van der Waals surface area contributed by atoms with E-state index in [0.717, 1.165) is 6.54 Å². The highest BCUT2D eigenvalue weighted by Gasteiger charge is 1.93. The van der Waals surface area contributed by atoms with Crippen LogP contribution in [0.3, 0.4) is 0 Å². The van der Waals surface area contributed by atoms with Gasteiger partial charge in [-0.1, -0.05) is 96.4 Å². The number of rotatable bonds is 16. The molecule has 0 radical (unpaired) electrons. The van der Waals surface area contributed by atoms with Crippen LogP contribution in [0.1, 0.15) is 77.6 Å². The Balaban J connectivity index is 0. The van der Waals surface area contributed by atoms with Gasteiger partial charge in [0, 0.05) is 12.3 Å². The Kier molecular flexibility index (Phi) is 28.1. The Labute approximate surface area is 145 Å². The first-order valence-corrected chi connectivity index (χ1v) is 10.4. The molecule has 1 nitrogen and oxygen atoms in total. The summed E-state index contributed by atoms with van der Waals surface area (Å²) in [6.45, 7) is 10.2. The summed E-state index contributed by atoms with van der Waals surface area (Å²) in [7, 11) is 2.03. The van der Waals surface area contributed by atoms with Gasteiger partial charge in [-0.25, -0.2) is 0 Å². The van der Waals surface area contributed by atoms with Crippen LogP contribution in [0.5, 0.6) is 0 Å². The second kappa shape index (κ2) is 25.7. The van der Waals surface area contributed by atoms with Gasteiger partial charge in [0.2, 0.25) is 0 Å². The molecule has 0 rings (SSSR count). The van der Waals surface area contributed by atoms with Crippen LogP contribution in [0, 0.1) is 0 Å². The van der Waals surface area contributed by atoms with E-state index in [1.54, 1.807) is 12.2 Å². The molecule has 0 aliphatic rings. The van der Waals surface area contributed by atoms with Crippen molar-refractivity contribution in [1.82, 2.24) is 5.32 Å². The lowest BCUT2D eigenvalue weighted by Gasteiger charge is -2.03. The maximum Gasteiger partial charge on any atom is 0.00579 e. The topological polar surface area (TPSA) is 12.0 Å². The van der Waals surface area contributed by atoms with E-state index < -0.39 is 0 Å². The lowest BCUT2D eigenvalue weighted by Crippen LogP contribution is -2.09. The average Bonchev–Trinajstić information content (AvgIpc) is 2.55. The number of allylic oxidation sites excluding steroid dienone is 2. The fourth-order valence-corrected chi connectivity index (χ4v) is 3.11. The van der Waals surface area contributed by atoms with E-state index >= 15 is 0 Å². The van der Waals surface area contributed by atoms with Crippen molar-refractivity contribution in [2.24, 2.45) is 0 Å². The Morgan fingerprint density at radius 2 is 1.18 bits per heavy atom.